The molecule has 11 nitrogen and oxygen atoms in total. The van der Waals surface area contributed by atoms with Crippen LogP contribution in [0, 0.1) is 0 Å². The molecule has 4 aromatic rings. The van der Waals surface area contributed by atoms with Gasteiger partial charge in [-0.2, -0.15) is 8.42 Å². The second kappa shape index (κ2) is 8.53. The van der Waals surface area contributed by atoms with Gasteiger partial charge in [0.25, 0.3) is 0 Å². The quantitative estimate of drug-likeness (QED) is 0.347. The van der Waals surface area contributed by atoms with Crippen molar-refractivity contribution in [1.82, 2.24) is 24.2 Å². The Hall–Kier alpha value is -3.49. The van der Waals surface area contributed by atoms with E-state index in [0.29, 0.717) is 18.4 Å². The predicted molar refractivity (Wildman–Crippen MR) is 136 cm³/mol. The molecule has 37 heavy (non-hydrogen) atoms. The summed E-state index contributed by atoms with van der Waals surface area (Å²) < 4.78 is 60.0. The van der Waals surface area contributed by atoms with Crippen molar-refractivity contribution >= 4 is 41.6 Å². The third-order valence-electron chi connectivity index (χ3n) is 6.07. The Morgan fingerprint density at radius 1 is 1.16 bits per heavy atom. The minimum absolute atomic E-state index is 0.00793. The number of nitrogens with zero attached hydrogens (tertiary/aromatic N) is 4. The molecule has 2 N–H and O–H groups in total. The number of sulfone groups is 1. The summed E-state index contributed by atoms with van der Waals surface area (Å²) in [6, 6.07) is 15.2. The fraction of sp³-hybridized carbons (Fsp3) is 0.261. The molecule has 6 rings (SSSR count). The van der Waals surface area contributed by atoms with Gasteiger partial charge in [0.1, 0.15) is 5.01 Å². The highest BCUT2D eigenvalue weighted by Crippen LogP contribution is 2.38. The second-order valence-electron chi connectivity index (χ2n) is 8.96. The SMILES string of the molecule is CS(=O)(=O)C(c1nnc(CC2=C(O)N(C3CC3)S(=O)(=O)N2)o1)c1nc2ccc(-c3ccccc3)cc2s1. The Morgan fingerprint density at radius 2 is 1.92 bits per heavy atom. The summed E-state index contributed by atoms with van der Waals surface area (Å²) in [5, 5.41) is 17.3. The van der Waals surface area contributed by atoms with Gasteiger partial charge in [-0.3, -0.25) is 4.72 Å². The van der Waals surface area contributed by atoms with Crippen LogP contribution < -0.4 is 4.72 Å². The molecule has 1 aliphatic heterocycles. The maximum Gasteiger partial charge on any atom is 0.326 e. The zero-order valence-corrected chi connectivity index (χ0v) is 21.8. The molecule has 1 atom stereocenters. The van der Waals surface area contributed by atoms with Crippen molar-refractivity contribution in [2.24, 2.45) is 0 Å². The van der Waals surface area contributed by atoms with E-state index in [9.17, 15) is 21.9 Å². The Balaban J connectivity index is 1.32. The molecule has 0 bridgehead atoms. The van der Waals surface area contributed by atoms with E-state index in [1.165, 1.54) is 11.3 Å². The topological polar surface area (TPSA) is 156 Å². The molecule has 2 aromatic heterocycles. The standard InChI is InChI=1S/C23H21N5O6S3/c1-36(30,31)20(22-24-16-10-7-14(11-18(16)35-22)13-5-3-2-4-6-13)21-26-25-19(34-21)12-17-23(29)28(15-8-9-15)37(32,33)27-17/h2-7,10-11,15,20,27,29H,8-9,12H2,1H3. The molecule has 2 aliphatic rings. The minimum Gasteiger partial charge on any atom is -0.493 e. The lowest BCUT2D eigenvalue weighted by Gasteiger charge is -2.14. The maximum atomic E-state index is 12.8. The number of nitrogens with one attached hydrogen (secondary N) is 1. The van der Waals surface area contributed by atoms with E-state index in [4.69, 9.17) is 4.42 Å². The molecule has 1 fully saturated rings. The molecule has 0 saturated heterocycles. The van der Waals surface area contributed by atoms with E-state index in [1.54, 1.807) is 0 Å². The summed E-state index contributed by atoms with van der Waals surface area (Å²) in [7, 11) is -7.66. The number of aliphatic hydroxyl groups excluding tert-OH is 1. The van der Waals surface area contributed by atoms with E-state index < -0.39 is 31.2 Å². The van der Waals surface area contributed by atoms with Crippen LogP contribution in [-0.2, 0) is 26.5 Å². The van der Waals surface area contributed by atoms with Crippen LogP contribution in [0.1, 0.15) is 34.9 Å². The van der Waals surface area contributed by atoms with Crippen LogP contribution in [0.5, 0.6) is 0 Å². The molecule has 1 saturated carbocycles. The van der Waals surface area contributed by atoms with Gasteiger partial charge in [-0.1, -0.05) is 36.4 Å². The van der Waals surface area contributed by atoms with E-state index in [0.717, 1.165) is 26.4 Å². The van der Waals surface area contributed by atoms with E-state index >= 15 is 0 Å². The van der Waals surface area contributed by atoms with Crippen LogP contribution in [0.3, 0.4) is 0 Å². The number of aromatic nitrogens is 3. The summed E-state index contributed by atoms with van der Waals surface area (Å²) in [4.78, 5) is 4.53. The normalized spacial score (nSPS) is 18.4. The van der Waals surface area contributed by atoms with Crippen molar-refractivity contribution in [2.45, 2.75) is 30.6 Å². The van der Waals surface area contributed by atoms with Crippen molar-refractivity contribution < 1.29 is 26.4 Å². The molecular formula is C23H21N5O6S3. The smallest absolute Gasteiger partial charge is 0.326 e. The Labute approximate surface area is 216 Å². The lowest BCUT2D eigenvalue weighted by Crippen LogP contribution is -2.33. The van der Waals surface area contributed by atoms with Crippen LogP contribution >= 0.6 is 11.3 Å². The first-order valence-corrected chi connectivity index (χ1v) is 15.5. The summed E-state index contributed by atoms with van der Waals surface area (Å²) >= 11 is 1.22. The van der Waals surface area contributed by atoms with Gasteiger partial charge in [0.2, 0.25) is 17.7 Å². The third-order valence-corrected chi connectivity index (χ3v) is 10.1. The first-order chi connectivity index (χ1) is 17.6. The minimum atomic E-state index is -3.89. The number of aliphatic hydroxyl groups is 1. The summed E-state index contributed by atoms with van der Waals surface area (Å²) in [6.07, 6.45) is 2.18. The summed E-state index contributed by atoms with van der Waals surface area (Å²) in [5.41, 5.74) is 2.64. The molecule has 1 unspecified atom stereocenters. The highest BCUT2D eigenvalue weighted by atomic mass is 32.2. The molecule has 1 aliphatic carbocycles. The third kappa shape index (κ3) is 4.45. The molecule has 0 spiro atoms. The van der Waals surface area contributed by atoms with Gasteiger partial charge < -0.3 is 9.52 Å². The lowest BCUT2D eigenvalue weighted by molar-refractivity contribution is 0.278. The number of hydrogen-bond acceptors (Lipinski definition) is 10. The fourth-order valence-corrected chi connectivity index (χ4v) is 8.27. The van der Waals surface area contributed by atoms with Crippen molar-refractivity contribution in [2.75, 3.05) is 6.26 Å². The van der Waals surface area contributed by atoms with Crippen molar-refractivity contribution in [3.8, 4) is 11.1 Å². The first kappa shape index (κ1) is 23.9. The molecule has 0 amide bonds. The molecule has 3 heterocycles. The monoisotopic (exact) mass is 559 g/mol. The number of fused-ring (bicyclic) bond motifs is 1. The molecule has 2 aromatic carbocycles. The van der Waals surface area contributed by atoms with Gasteiger partial charge >= 0.3 is 10.2 Å². The van der Waals surface area contributed by atoms with Crippen LogP contribution in [0.15, 0.2) is 64.5 Å². The number of benzene rings is 2. The highest BCUT2D eigenvalue weighted by molar-refractivity contribution is 7.91. The number of thiazole rings is 1. The average molecular weight is 560 g/mol. The summed E-state index contributed by atoms with van der Waals surface area (Å²) in [5.74, 6) is -0.639. The van der Waals surface area contributed by atoms with Crippen LogP contribution in [0.4, 0.5) is 0 Å². The van der Waals surface area contributed by atoms with Gasteiger partial charge in [0, 0.05) is 6.26 Å². The van der Waals surface area contributed by atoms with E-state index in [-0.39, 0.29) is 34.9 Å². The average Bonchev–Trinajstić information content (AvgIpc) is 3.32. The lowest BCUT2D eigenvalue weighted by atomic mass is 10.1. The van der Waals surface area contributed by atoms with E-state index in [2.05, 4.69) is 19.9 Å². The maximum absolute atomic E-state index is 12.8. The number of hydrogen-bond donors (Lipinski definition) is 2. The van der Waals surface area contributed by atoms with E-state index in [1.807, 2.05) is 48.5 Å². The molecule has 192 valence electrons. The summed E-state index contributed by atoms with van der Waals surface area (Å²) in [6.45, 7) is 0. The van der Waals surface area contributed by atoms with Crippen LogP contribution in [0.25, 0.3) is 21.3 Å². The van der Waals surface area contributed by atoms with Crippen LogP contribution in [-0.4, -0.2) is 53.7 Å². The Kier molecular flexibility index (Phi) is 5.51. The number of rotatable bonds is 7. The Morgan fingerprint density at radius 3 is 2.62 bits per heavy atom. The molecular weight excluding hydrogens is 538 g/mol. The van der Waals surface area contributed by atoms with Crippen molar-refractivity contribution in [3.05, 3.63) is 76.9 Å². The van der Waals surface area contributed by atoms with Crippen molar-refractivity contribution in [1.29, 1.82) is 0 Å². The second-order valence-corrected chi connectivity index (χ2v) is 13.7. The highest BCUT2D eigenvalue weighted by Gasteiger charge is 2.45. The zero-order valence-electron chi connectivity index (χ0n) is 19.4. The van der Waals surface area contributed by atoms with Crippen molar-refractivity contribution in [3.63, 3.8) is 0 Å². The molecule has 14 heteroatoms. The van der Waals surface area contributed by atoms with Gasteiger partial charge in [0.15, 0.2) is 15.1 Å². The first-order valence-electron chi connectivity index (χ1n) is 11.3. The fourth-order valence-electron chi connectivity index (χ4n) is 4.22. The van der Waals surface area contributed by atoms with Gasteiger partial charge in [0.05, 0.1) is 28.4 Å². The Bertz CT molecular complexity index is 1760. The van der Waals surface area contributed by atoms with Crippen LogP contribution in [0.2, 0.25) is 0 Å². The zero-order chi connectivity index (χ0) is 25.9. The van der Waals surface area contributed by atoms with Gasteiger partial charge in [-0.25, -0.2) is 17.7 Å². The van der Waals surface area contributed by atoms with Gasteiger partial charge in [-0.05, 0) is 36.1 Å². The number of allylic oxidation sites excluding steroid dienone is 1. The largest absolute Gasteiger partial charge is 0.493 e. The van der Waals surface area contributed by atoms with Gasteiger partial charge in [-0.15, -0.1) is 21.5 Å². The predicted octanol–water partition coefficient (Wildman–Crippen LogP) is 3.06. The molecule has 0 radical (unpaired) electrons.